The molecule has 0 atom stereocenters. The minimum absolute atomic E-state index is 0. The Labute approximate surface area is 46.4 Å². The molecule has 3 N–H and O–H groups in total. The van der Waals surface area contributed by atoms with E-state index >= 15 is 0 Å². The lowest BCUT2D eigenvalue weighted by Gasteiger charge is -1.79. The van der Waals surface area contributed by atoms with Gasteiger partial charge in [0.1, 0.15) is 0 Å². The van der Waals surface area contributed by atoms with E-state index in [2.05, 4.69) is 4.74 Å². The van der Waals surface area contributed by atoms with E-state index in [0.717, 1.165) is 0 Å². The zero-order valence-corrected chi connectivity index (χ0v) is 4.35. The molecule has 1 rings (SSSR count). The summed E-state index contributed by atoms with van der Waals surface area (Å²) in [6.45, 7) is 0. The van der Waals surface area contributed by atoms with E-state index in [-0.39, 0.29) is 19.0 Å². The maximum Gasteiger partial charge on any atom is 0.314 e. The normalized spacial score (nSPS) is 17.5. The van der Waals surface area contributed by atoms with Crippen LogP contribution in [0.1, 0.15) is 12.8 Å². The summed E-state index contributed by atoms with van der Waals surface area (Å²) >= 11 is 0. The van der Waals surface area contributed by atoms with Crippen molar-refractivity contribution in [3.05, 3.63) is 0 Å². The Morgan fingerprint density at radius 3 is 1.62 bits per heavy atom. The van der Waals surface area contributed by atoms with Gasteiger partial charge in [-0.25, -0.2) is 0 Å². The molecule has 46 valence electrons. The fourth-order valence-corrected chi connectivity index (χ4v) is 0.433. The molecule has 8 heavy (non-hydrogen) atoms. The van der Waals surface area contributed by atoms with Crippen LogP contribution in [0.2, 0.25) is 0 Å². The van der Waals surface area contributed by atoms with Crippen molar-refractivity contribution in [3.8, 4) is 0 Å². The van der Waals surface area contributed by atoms with Crippen molar-refractivity contribution in [3.63, 3.8) is 0 Å². The summed E-state index contributed by atoms with van der Waals surface area (Å²) in [6.07, 6.45) is 0.525. The summed E-state index contributed by atoms with van der Waals surface area (Å²) in [4.78, 5) is 20.0. The Hall–Kier alpha value is -0.900. The van der Waals surface area contributed by atoms with Crippen molar-refractivity contribution in [1.82, 2.24) is 6.15 Å². The molecule has 0 amide bonds. The largest absolute Gasteiger partial charge is 0.393 e. The van der Waals surface area contributed by atoms with E-state index in [1.807, 2.05) is 0 Å². The summed E-state index contributed by atoms with van der Waals surface area (Å²) in [5.41, 5.74) is 0. The van der Waals surface area contributed by atoms with Crippen molar-refractivity contribution in [1.29, 1.82) is 0 Å². The molecule has 1 heterocycles. The highest BCUT2D eigenvalue weighted by atomic mass is 16.6. The fraction of sp³-hybridized carbons (Fsp3) is 0.500. The molecule has 4 heteroatoms. The van der Waals surface area contributed by atoms with Gasteiger partial charge in [-0.2, -0.15) is 0 Å². The third kappa shape index (κ3) is 1.31. The predicted octanol–water partition coefficient (Wildman–Crippen LogP) is 0.0120. The molecule has 1 saturated heterocycles. The maximum atomic E-state index is 10.0. The lowest BCUT2D eigenvalue weighted by Crippen LogP contribution is -1.94. The van der Waals surface area contributed by atoms with Gasteiger partial charge in [-0.05, 0) is 0 Å². The van der Waals surface area contributed by atoms with Gasteiger partial charge in [0.2, 0.25) is 0 Å². The van der Waals surface area contributed by atoms with E-state index in [9.17, 15) is 9.59 Å². The Balaban J connectivity index is 0.000000490. The van der Waals surface area contributed by atoms with Crippen LogP contribution in [0.5, 0.6) is 0 Å². The highest BCUT2D eigenvalue weighted by Gasteiger charge is 2.19. The van der Waals surface area contributed by atoms with E-state index in [0.29, 0.717) is 0 Å². The molecule has 0 unspecified atom stereocenters. The van der Waals surface area contributed by atoms with Crippen molar-refractivity contribution < 1.29 is 14.3 Å². The average Bonchev–Trinajstić information content (AvgIpc) is 1.87. The number of esters is 2. The molecule has 0 bridgehead atoms. The Morgan fingerprint density at radius 2 is 1.50 bits per heavy atom. The maximum absolute atomic E-state index is 10.0. The lowest BCUT2D eigenvalue weighted by molar-refractivity contribution is -0.151. The van der Waals surface area contributed by atoms with Gasteiger partial charge in [-0.15, -0.1) is 0 Å². The zero-order chi connectivity index (χ0) is 5.28. The van der Waals surface area contributed by atoms with E-state index < -0.39 is 11.9 Å². The number of ether oxygens (including phenoxy) is 1. The van der Waals surface area contributed by atoms with Gasteiger partial charge in [-0.3, -0.25) is 9.59 Å². The molecule has 4 nitrogen and oxygen atoms in total. The number of carbonyl (C=O) groups excluding carboxylic acids is 2. The van der Waals surface area contributed by atoms with Crippen LogP contribution in [-0.4, -0.2) is 11.9 Å². The predicted molar refractivity (Wildman–Crippen MR) is 25.4 cm³/mol. The zero-order valence-electron chi connectivity index (χ0n) is 4.35. The third-order valence-electron chi connectivity index (χ3n) is 0.761. The molecule has 0 aromatic rings. The molecule has 1 fully saturated rings. The SMILES string of the molecule is N.O=C1CCC(=O)O1. The first-order valence-electron chi connectivity index (χ1n) is 2.02. The smallest absolute Gasteiger partial charge is 0.314 e. The topological polar surface area (TPSA) is 78.4 Å². The molecule has 0 radical (unpaired) electrons. The molecule has 1 aliphatic rings. The lowest BCUT2D eigenvalue weighted by atomic mass is 10.4. The minimum Gasteiger partial charge on any atom is -0.393 e. The monoisotopic (exact) mass is 117 g/mol. The molecule has 0 aromatic carbocycles. The number of hydrogen-bond acceptors (Lipinski definition) is 4. The number of cyclic esters (lactones) is 2. The minimum atomic E-state index is -0.398. The van der Waals surface area contributed by atoms with E-state index in [1.54, 1.807) is 0 Å². The Kier molecular flexibility index (Phi) is 2.15. The molecule has 0 saturated carbocycles. The first-order chi connectivity index (χ1) is 3.29. The van der Waals surface area contributed by atoms with E-state index in [1.165, 1.54) is 0 Å². The van der Waals surface area contributed by atoms with Crippen LogP contribution >= 0.6 is 0 Å². The van der Waals surface area contributed by atoms with Gasteiger partial charge in [0.25, 0.3) is 0 Å². The highest BCUT2D eigenvalue weighted by Crippen LogP contribution is 2.03. The van der Waals surface area contributed by atoms with Gasteiger partial charge in [0.05, 0.1) is 12.8 Å². The number of carbonyl (C=O) groups is 2. The molecule has 1 aliphatic heterocycles. The van der Waals surface area contributed by atoms with Crippen LogP contribution < -0.4 is 6.15 Å². The molecule has 0 aliphatic carbocycles. The summed E-state index contributed by atoms with van der Waals surface area (Å²) in [7, 11) is 0. The fourth-order valence-electron chi connectivity index (χ4n) is 0.433. The number of hydrogen-bond donors (Lipinski definition) is 1. The quantitative estimate of drug-likeness (QED) is 0.358. The second-order valence-corrected chi connectivity index (χ2v) is 1.35. The summed E-state index contributed by atoms with van der Waals surface area (Å²) in [5.74, 6) is -0.796. The van der Waals surface area contributed by atoms with Gasteiger partial charge in [0.15, 0.2) is 0 Å². The summed E-state index contributed by atoms with van der Waals surface area (Å²) in [5, 5.41) is 0. The van der Waals surface area contributed by atoms with Crippen LogP contribution in [0.3, 0.4) is 0 Å². The summed E-state index contributed by atoms with van der Waals surface area (Å²) < 4.78 is 4.08. The van der Waals surface area contributed by atoms with E-state index in [4.69, 9.17) is 0 Å². The summed E-state index contributed by atoms with van der Waals surface area (Å²) in [6, 6.07) is 0. The standard InChI is InChI=1S/C4H4O3.H3N/c5-3-1-2-4(6)7-3;/h1-2H2;1H3. The average molecular weight is 117 g/mol. The van der Waals surface area contributed by atoms with Gasteiger partial charge in [0, 0.05) is 0 Å². The van der Waals surface area contributed by atoms with Gasteiger partial charge in [-0.1, -0.05) is 0 Å². The second-order valence-electron chi connectivity index (χ2n) is 1.35. The molecular formula is C4H7NO3. The van der Waals surface area contributed by atoms with Gasteiger partial charge < -0.3 is 10.9 Å². The molecular weight excluding hydrogens is 110 g/mol. The van der Waals surface area contributed by atoms with Gasteiger partial charge >= 0.3 is 11.9 Å². The first kappa shape index (κ1) is 7.10. The van der Waals surface area contributed by atoms with Crippen molar-refractivity contribution in [2.75, 3.05) is 0 Å². The Bertz CT molecular complexity index is 106. The second kappa shape index (κ2) is 2.42. The molecule has 0 spiro atoms. The third-order valence-corrected chi connectivity index (χ3v) is 0.761. The highest BCUT2D eigenvalue weighted by molar-refractivity contribution is 5.92. The van der Waals surface area contributed by atoms with Crippen molar-refractivity contribution in [2.45, 2.75) is 12.8 Å². The Morgan fingerprint density at radius 1 is 1.12 bits per heavy atom. The first-order valence-corrected chi connectivity index (χ1v) is 2.02. The van der Waals surface area contributed by atoms with Crippen molar-refractivity contribution in [2.24, 2.45) is 0 Å². The molecule has 0 aromatic heterocycles. The van der Waals surface area contributed by atoms with Crippen molar-refractivity contribution >= 4 is 11.9 Å². The van der Waals surface area contributed by atoms with Crippen LogP contribution in [0.15, 0.2) is 0 Å². The van der Waals surface area contributed by atoms with Crippen LogP contribution in [0.4, 0.5) is 0 Å². The van der Waals surface area contributed by atoms with Crippen LogP contribution in [0, 0.1) is 0 Å². The van der Waals surface area contributed by atoms with Crippen LogP contribution in [0.25, 0.3) is 0 Å². The van der Waals surface area contributed by atoms with Crippen LogP contribution in [-0.2, 0) is 14.3 Å². The number of rotatable bonds is 0.